The van der Waals surface area contributed by atoms with E-state index in [1.807, 2.05) is 24.3 Å². The molecule has 3 aromatic rings. The third kappa shape index (κ3) is 5.61. The Balaban J connectivity index is 1.53. The molecule has 0 radical (unpaired) electrons. The number of benzene rings is 1. The second-order valence-electron chi connectivity index (χ2n) is 6.07. The lowest BCUT2D eigenvalue weighted by atomic mass is 10.1. The van der Waals surface area contributed by atoms with Crippen LogP contribution in [-0.2, 0) is 22.6 Å². The Kier molecular flexibility index (Phi) is 6.90. The molecule has 10 heteroatoms. The predicted molar refractivity (Wildman–Crippen MR) is 107 cm³/mol. The van der Waals surface area contributed by atoms with Gasteiger partial charge >= 0.3 is 0 Å². The number of carbonyl (C=O) groups excluding carboxylic acids is 2. The van der Waals surface area contributed by atoms with Crippen LogP contribution in [0.15, 0.2) is 52.2 Å². The van der Waals surface area contributed by atoms with Crippen molar-refractivity contribution in [3.05, 3.63) is 48.2 Å². The highest BCUT2D eigenvalue weighted by Gasteiger charge is 2.18. The Morgan fingerprint density at radius 2 is 2.03 bits per heavy atom. The van der Waals surface area contributed by atoms with E-state index in [9.17, 15) is 9.59 Å². The van der Waals surface area contributed by atoms with E-state index in [0.717, 1.165) is 11.3 Å². The van der Waals surface area contributed by atoms with E-state index in [-0.39, 0.29) is 18.2 Å². The molecule has 0 aliphatic rings. The fourth-order valence-electron chi connectivity index (χ4n) is 2.60. The summed E-state index contributed by atoms with van der Waals surface area (Å²) in [5.74, 6) is 1.10. The number of amides is 2. The number of primary amides is 1. The average molecular weight is 415 g/mol. The van der Waals surface area contributed by atoms with Crippen molar-refractivity contribution in [3.8, 4) is 17.3 Å². The van der Waals surface area contributed by atoms with E-state index in [1.165, 1.54) is 22.6 Å². The molecule has 0 spiro atoms. The number of hydrogen-bond donors (Lipinski definition) is 2. The lowest BCUT2D eigenvalue weighted by Crippen LogP contribution is -2.27. The smallest absolute Gasteiger partial charge is 0.237 e. The van der Waals surface area contributed by atoms with Crippen LogP contribution in [0.3, 0.4) is 0 Å². The number of nitrogens with two attached hydrogens (primary N) is 1. The highest BCUT2D eigenvalue weighted by molar-refractivity contribution is 7.99. The van der Waals surface area contributed by atoms with Gasteiger partial charge in [-0.25, -0.2) is 0 Å². The first kappa shape index (κ1) is 20.5. The molecule has 0 fully saturated rings. The van der Waals surface area contributed by atoms with Gasteiger partial charge in [0.25, 0.3) is 0 Å². The Morgan fingerprint density at radius 3 is 2.69 bits per heavy atom. The van der Waals surface area contributed by atoms with Gasteiger partial charge in [0.05, 0.1) is 19.1 Å². The molecule has 0 atom stereocenters. The monoisotopic (exact) mass is 415 g/mol. The molecule has 152 valence electrons. The zero-order valence-corrected chi connectivity index (χ0v) is 16.6. The molecule has 2 heterocycles. The van der Waals surface area contributed by atoms with Gasteiger partial charge in [-0.15, -0.1) is 10.2 Å². The van der Waals surface area contributed by atoms with Gasteiger partial charge in [-0.2, -0.15) is 0 Å². The van der Waals surface area contributed by atoms with Crippen molar-refractivity contribution < 1.29 is 18.7 Å². The van der Waals surface area contributed by atoms with Crippen LogP contribution in [0.5, 0.6) is 5.75 Å². The van der Waals surface area contributed by atoms with Gasteiger partial charge < -0.3 is 20.2 Å². The topological polar surface area (TPSA) is 125 Å². The minimum Gasteiger partial charge on any atom is -0.497 e. The maximum atomic E-state index is 12.2. The third-order valence-corrected chi connectivity index (χ3v) is 4.97. The van der Waals surface area contributed by atoms with Crippen molar-refractivity contribution in [1.29, 1.82) is 0 Å². The number of methoxy groups -OCH3 is 1. The first-order valence-electron chi connectivity index (χ1n) is 8.84. The summed E-state index contributed by atoms with van der Waals surface area (Å²) < 4.78 is 12.0. The van der Waals surface area contributed by atoms with Crippen molar-refractivity contribution >= 4 is 23.6 Å². The van der Waals surface area contributed by atoms with Crippen molar-refractivity contribution in [1.82, 2.24) is 20.1 Å². The van der Waals surface area contributed by atoms with Gasteiger partial charge in [0, 0.05) is 6.54 Å². The van der Waals surface area contributed by atoms with Gasteiger partial charge in [-0.3, -0.25) is 14.2 Å². The van der Waals surface area contributed by atoms with E-state index >= 15 is 0 Å². The number of ether oxygens (including phenoxy) is 1. The maximum absolute atomic E-state index is 12.2. The molecule has 0 aliphatic heterocycles. The fourth-order valence-corrected chi connectivity index (χ4v) is 3.37. The van der Waals surface area contributed by atoms with E-state index < -0.39 is 5.91 Å². The third-order valence-electron chi connectivity index (χ3n) is 4.00. The number of nitrogens with zero attached hydrogens (tertiary/aromatic N) is 3. The van der Waals surface area contributed by atoms with Crippen LogP contribution in [0.1, 0.15) is 5.56 Å². The molecule has 3 N–H and O–H groups in total. The summed E-state index contributed by atoms with van der Waals surface area (Å²) in [6.45, 7) is 0.405. The maximum Gasteiger partial charge on any atom is 0.237 e. The number of aromatic nitrogens is 3. The van der Waals surface area contributed by atoms with Crippen LogP contribution in [-0.4, -0.2) is 46.0 Å². The molecular formula is C19H21N5O4S. The van der Waals surface area contributed by atoms with Gasteiger partial charge in [0.1, 0.15) is 12.3 Å². The SMILES string of the molecule is COc1ccc(CCNC(=O)CSc2nnc(-c3ccco3)n2CC(N)=O)cc1. The number of carbonyl (C=O) groups is 2. The summed E-state index contributed by atoms with van der Waals surface area (Å²) in [5, 5.41) is 11.4. The van der Waals surface area contributed by atoms with E-state index in [4.69, 9.17) is 14.9 Å². The molecular weight excluding hydrogens is 394 g/mol. The first-order chi connectivity index (χ1) is 14.1. The minimum absolute atomic E-state index is 0.107. The quantitative estimate of drug-likeness (QED) is 0.481. The van der Waals surface area contributed by atoms with Crippen LogP contribution < -0.4 is 15.8 Å². The molecule has 3 rings (SSSR count). The summed E-state index contributed by atoms with van der Waals surface area (Å²) in [6.07, 6.45) is 2.21. The summed E-state index contributed by atoms with van der Waals surface area (Å²) in [4.78, 5) is 23.6. The Labute approximate surface area is 171 Å². The van der Waals surface area contributed by atoms with E-state index in [0.29, 0.717) is 29.7 Å². The van der Waals surface area contributed by atoms with Gasteiger partial charge in [0.15, 0.2) is 10.9 Å². The Morgan fingerprint density at radius 1 is 1.24 bits per heavy atom. The lowest BCUT2D eigenvalue weighted by molar-refractivity contribution is -0.119. The van der Waals surface area contributed by atoms with E-state index in [2.05, 4.69) is 15.5 Å². The number of hydrogen-bond acceptors (Lipinski definition) is 7. The molecule has 0 unspecified atom stereocenters. The van der Waals surface area contributed by atoms with Crippen LogP contribution >= 0.6 is 11.8 Å². The van der Waals surface area contributed by atoms with Crippen molar-refractivity contribution in [2.45, 2.75) is 18.1 Å². The fraction of sp³-hybridized carbons (Fsp3) is 0.263. The Bertz CT molecular complexity index is 954. The molecule has 1 aromatic carbocycles. The highest BCUT2D eigenvalue weighted by Crippen LogP contribution is 2.24. The first-order valence-corrected chi connectivity index (χ1v) is 9.83. The number of nitrogens with one attached hydrogen (secondary N) is 1. The molecule has 9 nitrogen and oxygen atoms in total. The molecule has 0 saturated heterocycles. The minimum atomic E-state index is -0.539. The van der Waals surface area contributed by atoms with Crippen LogP contribution in [0, 0.1) is 0 Å². The Hall–Kier alpha value is -3.27. The number of rotatable bonds is 10. The van der Waals surface area contributed by atoms with Crippen molar-refractivity contribution in [2.75, 3.05) is 19.4 Å². The largest absolute Gasteiger partial charge is 0.497 e. The second-order valence-corrected chi connectivity index (χ2v) is 7.02. The zero-order valence-electron chi connectivity index (χ0n) is 15.8. The average Bonchev–Trinajstić information content (AvgIpc) is 3.36. The number of thioether (sulfide) groups is 1. The van der Waals surface area contributed by atoms with Crippen LogP contribution in [0.2, 0.25) is 0 Å². The van der Waals surface area contributed by atoms with Crippen molar-refractivity contribution in [3.63, 3.8) is 0 Å². The van der Waals surface area contributed by atoms with Gasteiger partial charge in [-0.1, -0.05) is 23.9 Å². The number of furan rings is 1. The van der Waals surface area contributed by atoms with Crippen LogP contribution in [0.25, 0.3) is 11.6 Å². The summed E-state index contributed by atoms with van der Waals surface area (Å²) >= 11 is 1.18. The molecule has 2 aromatic heterocycles. The highest BCUT2D eigenvalue weighted by atomic mass is 32.2. The zero-order chi connectivity index (χ0) is 20.6. The molecule has 0 saturated carbocycles. The van der Waals surface area contributed by atoms with E-state index in [1.54, 1.807) is 19.2 Å². The summed E-state index contributed by atoms with van der Waals surface area (Å²) in [7, 11) is 1.62. The van der Waals surface area contributed by atoms with Crippen molar-refractivity contribution in [2.24, 2.45) is 5.73 Å². The standard InChI is InChI=1S/C19H21N5O4S/c1-27-14-6-4-13(5-7-14)8-9-21-17(26)12-29-19-23-22-18(15-3-2-10-28-15)24(19)11-16(20)25/h2-7,10H,8-9,11-12H2,1H3,(H2,20,25)(H,21,26). The normalized spacial score (nSPS) is 10.7. The van der Waals surface area contributed by atoms with Gasteiger partial charge in [-0.05, 0) is 36.2 Å². The molecule has 0 bridgehead atoms. The molecule has 29 heavy (non-hydrogen) atoms. The summed E-state index contributed by atoms with van der Waals surface area (Å²) in [5.41, 5.74) is 6.43. The van der Waals surface area contributed by atoms with Crippen LogP contribution in [0.4, 0.5) is 0 Å². The molecule has 2 amide bonds. The second kappa shape index (κ2) is 9.78. The lowest BCUT2D eigenvalue weighted by Gasteiger charge is -2.08. The summed E-state index contributed by atoms with van der Waals surface area (Å²) in [6, 6.07) is 11.1. The predicted octanol–water partition coefficient (Wildman–Crippen LogP) is 1.48. The molecule has 0 aliphatic carbocycles. The van der Waals surface area contributed by atoms with Gasteiger partial charge in [0.2, 0.25) is 17.6 Å².